The highest BCUT2D eigenvalue weighted by Crippen LogP contribution is 2.22. The second-order valence-electron chi connectivity index (χ2n) is 5.04. The first-order chi connectivity index (χ1) is 8.79. The number of rotatable bonds is 5. The summed E-state index contributed by atoms with van der Waals surface area (Å²) in [5.41, 5.74) is 1.75. The monoisotopic (exact) mass is 243 g/mol. The largest absolute Gasteiger partial charge is 0.384 e. The van der Waals surface area contributed by atoms with E-state index in [1.54, 1.807) is 0 Å². The third kappa shape index (κ3) is 3.48. The van der Waals surface area contributed by atoms with Gasteiger partial charge < -0.3 is 10.2 Å². The van der Waals surface area contributed by atoms with Gasteiger partial charge in [0.25, 0.3) is 0 Å². The Balaban J connectivity index is 1.75. The lowest BCUT2D eigenvalue weighted by Crippen LogP contribution is -2.33. The van der Waals surface area contributed by atoms with Crippen molar-refractivity contribution >= 4 is 5.69 Å². The van der Waals surface area contributed by atoms with Gasteiger partial charge in [0.1, 0.15) is 0 Å². The van der Waals surface area contributed by atoms with Crippen molar-refractivity contribution in [3.8, 4) is 6.07 Å². The molecule has 3 heteroatoms. The minimum absolute atomic E-state index is 0.712. The van der Waals surface area contributed by atoms with E-state index in [1.165, 1.54) is 25.7 Å². The zero-order chi connectivity index (χ0) is 12.8. The van der Waals surface area contributed by atoms with Gasteiger partial charge in [0, 0.05) is 24.8 Å². The van der Waals surface area contributed by atoms with Gasteiger partial charge in [-0.3, -0.25) is 0 Å². The molecule has 0 aromatic heterocycles. The molecule has 1 N–H and O–H groups in total. The van der Waals surface area contributed by atoms with Gasteiger partial charge in [0.2, 0.25) is 0 Å². The summed E-state index contributed by atoms with van der Waals surface area (Å²) < 4.78 is 0. The van der Waals surface area contributed by atoms with Crippen LogP contribution in [0.15, 0.2) is 24.3 Å². The molecule has 1 aromatic carbocycles. The molecule has 96 valence electrons. The fourth-order valence-corrected chi connectivity index (χ4v) is 2.60. The normalized spacial score (nSPS) is 15.8. The van der Waals surface area contributed by atoms with Crippen LogP contribution in [-0.4, -0.2) is 31.1 Å². The van der Waals surface area contributed by atoms with Gasteiger partial charge >= 0.3 is 0 Å². The van der Waals surface area contributed by atoms with Gasteiger partial charge in [-0.05, 0) is 38.1 Å². The Morgan fingerprint density at radius 2 is 2.17 bits per heavy atom. The fourth-order valence-electron chi connectivity index (χ4n) is 2.60. The molecule has 1 aliphatic rings. The van der Waals surface area contributed by atoms with E-state index in [9.17, 15) is 0 Å². The summed E-state index contributed by atoms with van der Waals surface area (Å²) in [5, 5.41) is 12.2. The molecule has 0 radical (unpaired) electrons. The highest BCUT2D eigenvalue weighted by molar-refractivity contribution is 5.49. The maximum atomic E-state index is 8.83. The van der Waals surface area contributed by atoms with Crippen molar-refractivity contribution in [1.82, 2.24) is 4.90 Å². The smallest absolute Gasteiger partial charge is 0.0992 e. The summed E-state index contributed by atoms with van der Waals surface area (Å²) in [6, 6.07) is 10.6. The second kappa shape index (κ2) is 6.42. The Bertz CT molecular complexity index is 416. The van der Waals surface area contributed by atoms with Crippen LogP contribution in [-0.2, 0) is 0 Å². The van der Waals surface area contributed by atoms with Crippen LogP contribution in [0, 0.1) is 11.3 Å². The summed E-state index contributed by atoms with van der Waals surface area (Å²) in [5.74, 6) is 0. The highest BCUT2D eigenvalue weighted by Gasteiger charge is 2.18. The van der Waals surface area contributed by atoms with Gasteiger partial charge in [-0.25, -0.2) is 0 Å². The first-order valence-electron chi connectivity index (χ1n) is 6.74. The van der Waals surface area contributed by atoms with Crippen LogP contribution in [0.25, 0.3) is 0 Å². The molecule has 3 nitrogen and oxygen atoms in total. The number of nitrogens with one attached hydrogen (secondary N) is 1. The Hall–Kier alpha value is -1.53. The Morgan fingerprint density at radius 3 is 2.89 bits per heavy atom. The lowest BCUT2D eigenvalue weighted by Gasteiger charge is -2.24. The highest BCUT2D eigenvalue weighted by atomic mass is 15.1. The zero-order valence-corrected chi connectivity index (χ0v) is 11.0. The number of benzene rings is 1. The molecule has 0 bridgehead atoms. The molecule has 1 aliphatic carbocycles. The van der Waals surface area contributed by atoms with Crippen LogP contribution < -0.4 is 5.32 Å². The molecule has 1 fully saturated rings. The van der Waals surface area contributed by atoms with E-state index >= 15 is 0 Å². The predicted octanol–water partition coefficient (Wildman–Crippen LogP) is 2.84. The second-order valence-corrected chi connectivity index (χ2v) is 5.04. The van der Waals surface area contributed by atoms with Gasteiger partial charge in [-0.2, -0.15) is 5.26 Å². The minimum atomic E-state index is 0.712. The van der Waals surface area contributed by atoms with E-state index in [2.05, 4.69) is 23.3 Å². The quantitative estimate of drug-likeness (QED) is 0.864. The lowest BCUT2D eigenvalue weighted by molar-refractivity contribution is 0.254. The Labute approximate surface area is 109 Å². The number of nitriles is 1. The number of hydrogen-bond acceptors (Lipinski definition) is 3. The van der Waals surface area contributed by atoms with Gasteiger partial charge in [0.05, 0.1) is 11.6 Å². The summed E-state index contributed by atoms with van der Waals surface area (Å²) in [4.78, 5) is 2.45. The summed E-state index contributed by atoms with van der Waals surface area (Å²) in [7, 11) is 2.21. The van der Waals surface area contributed by atoms with Crippen molar-refractivity contribution in [2.45, 2.75) is 31.7 Å². The van der Waals surface area contributed by atoms with Crippen molar-refractivity contribution < 1.29 is 0 Å². The lowest BCUT2D eigenvalue weighted by atomic mass is 10.2. The van der Waals surface area contributed by atoms with E-state index in [4.69, 9.17) is 5.26 Å². The van der Waals surface area contributed by atoms with Crippen molar-refractivity contribution in [2.75, 3.05) is 25.5 Å². The molecule has 1 aromatic rings. The molecular weight excluding hydrogens is 222 g/mol. The fraction of sp³-hybridized carbons (Fsp3) is 0.533. The first-order valence-corrected chi connectivity index (χ1v) is 6.74. The van der Waals surface area contributed by atoms with Crippen molar-refractivity contribution in [2.24, 2.45) is 0 Å². The van der Waals surface area contributed by atoms with Crippen LogP contribution in [0.1, 0.15) is 31.2 Å². The van der Waals surface area contributed by atoms with E-state index in [0.717, 1.165) is 24.8 Å². The van der Waals surface area contributed by atoms with Crippen molar-refractivity contribution in [3.63, 3.8) is 0 Å². The molecule has 18 heavy (non-hydrogen) atoms. The average Bonchev–Trinajstić information content (AvgIpc) is 2.93. The van der Waals surface area contributed by atoms with Crippen LogP contribution in [0.4, 0.5) is 5.69 Å². The zero-order valence-electron chi connectivity index (χ0n) is 11.0. The van der Waals surface area contributed by atoms with Crippen LogP contribution in [0.2, 0.25) is 0 Å². The van der Waals surface area contributed by atoms with Crippen LogP contribution in [0.3, 0.4) is 0 Å². The summed E-state index contributed by atoms with van der Waals surface area (Å²) >= 11 is 0. The molecule has 1 saturated carbocycles. The summed E-state index contributed by atoms with van der Waals surface area (Å²) in [6.45, 7) is 1.99. The molecule has 0 spiro atoms. The Morgan fingerprint density at radius 1 is 1.39 bits per heavy atom. The van der Waals surface area contributed by atoms with Crippen LogP contribution >= 0.6 is 0 Å². The minimum Gasteiger partial charge on any atom is -0.384 e. The molecule has 0 amide bonds. The standard InChI is InChI=1S/C15H21N3/c1-18(15-7-2-3-8-15)10-9-17-14-6-4-5-13(11-14)12-16/h4-6,11,15,17H,2-3,7-10H2,1H3. The van der Waals surface area contributed by atoms with E-state index in [1.807, 2.05) is 24.3 Å². The molecule has 0 aliphatic heterocycles. The maximum Gasteiger partial charge on any atom is 0.0992 e. The first kappa shape index (κ1) is 12.9. The molecule has 2 rings (SSSR count). The topological polar surface area (TPSA) is 39.1 Å². The third-order valence-electron chi connectivity index (χ3n) is 3.73. The Kier molecular flexibility index (Phi) is 4.60. The SMILES string of the molecule is CN(CCNc1cccc(C#N)c1)C1CCCC1. The number of nitrogens with zero attached hydrogens (tertiary/aromatic N) is 2. The number of hydrogen-bond donors (Lipinski definition) is 1. The third-order valence-corrected chi connectivity index (χ3v) is 3.73. The molecule has 0 saturated heterocycles. The van der Waals surface area contributed by atoms with Crippen molar-refractivity contribution in [3.05, 3.63) is 29.8 Å². The van der Waals surface area contributed by atoms with Crippen LogP contribution in [0.5, 0.6) is 0 Å². The molecule has 0 unspecified atom stereocenters. The molecular formula is C15H21N3. The van der Waals surface area contributed by atoms with E-state index in [-0.39, 0.29) is 0 Å². The van der Waals surface area contributed by atoms with Gasteiger partial charge in [0.15, 0.2) is 0 Å². The molecule has 0 atom stereocenters. The van der Waals surface area contributed by atoms with E-state index in [0.29, 0.717) is 5.56 Å². The van der Waals surface area contributed by atoms with Gasteiger partial charge in [-0.1, -0.05) is 18.9 Å². The average molecular weight is 243 g/mol. The molecule has 0 heterocycles. The van der Waals surface area contributed by atoms with Crippen molar-refractivity contribution in [1.29, 1.82) is 5.26 Å². The summed E-state index contributed by atoms with van der Waals surface area (Å²) in [6.07, 6.45) is 5.46. The van der Waals surface area contributed by atoms with E-state index < -0.39 is 0 Å². The van der Waals surface area contributed by atoms with Gasteiger partial charge in [-0.15, -0.1) is 0 Å². The number of anilines is 1. The number of likely N-dealkylation sites (N-methyl/N-ethyl adjacent to an activating group) is 1. The predicted molar refractivity (Wildman–Crippen MR) is 74.5 cm³/mol. The maximum absolute atomic E-state index is 8.83.